The molecule has 2 aromatic rings. The molecule has 5 heteroatoms. The van der Waals surface area contributed by atoms with E-state index >= 15 is 0 Å². The van der Waals surface area contributed by atoms with Gasteiger partial charge in [-0.1, -0.05) is 18.2 Å². The van der Waals surface area contributed by atoms with E-state index in [2.05, 4.69) is 5.10 Å². The Morgan fingerprint density at radius 3 is 2.65 bits per heavy atom. The van der Waals surface area contributed by atoms with Crippen LogP contribution in [-0.4, -0.2) is 32.9 Å². The van der Waals surface area contributed by atoms with Crippen molar-refractivity contribution in [2.45, 2.75) is 45.3 Å². The number of likely N-dealkylation sites (tertiary alicyclic amines) is 1. The molecule has 3 rings (SSSR count). The second-order valence-electron chi connectivity index (χ2n) is 6.85. The van der Waals surface area contributed by atoms with Crippen LogP contribution in [0.2, 0.25) is 0 Å². The number of benzene rings is 1. The Balaban J connectivity index is 1.78. The lowest BCUT2D eigenvalue weighted by atomic mass is 10.1. The lowest BCUT2D eigenvalue weighted by molar-refractivity contribution is 0.0221. The predicted molar refractivity (Wildman–Crippen MR) is 88.5 cm³/mol. The van der Waals surface area contributed by atoms with Gasteiger partial charge in [0.2, 0.25) is 0 Å². The Kier molecular flexibility index (Phi) is 4.11. The van der Waals surface area contributed by atoms with Crippen molar-refractivity contribution in [2.75, 3.05) is 6.54 Å². The fraction of sp³-hybridized carbons (Fsp3) is 0.444. The van der Waals surface area contributed by atoms with Gasteiger partial charge in [-0.15, -0.1) is 0 Å². The van der Waals surface area contributed by atoms with Crippen molar-refractivity contribution < 1.29 is 9.53 Å². The number of ether oxygens (including phenoxy) is 1. The lowest BCUT2D eigenvalue weighted by Crippen LogP contribution is -2.36. The van der Waals surface area contributed by atoms with Gasteiger partial charge in [-0.2, -0.15) is 5.10 Å². The Labute approximate surface area is 136 Å². The summed E-state index contributed by atoms with van der Waals surface area (Å²) < 4.78 is 7.37. The summed E-state index contributed by atoms with van der Waals surface area (Å²) in [4.78, 5) is 14.2. The third-order valence-electron chi connectivity index (χ3n) is 3.85. The molecule has 0 spiro atoms. The minimum Gasteiger partial charge on any atom is -0.444 e. The third-order valence-corrected chi connectivity index (χ3v) is 3.85. The molecule has 1 fully saturated rings. The van der Waals surface area contributed by atoms with Gasteiger partial charge in [0.25, 0.3) is 0 Å². The zero-order valence-electron chi connectivity index (χ0n) is 13.9. The number of carbonyl (C=O) groups is 1. The molecule has 0 radical (unpaired) electrons. The summed E-state index contributed by atoms with van der Waals surface area (Å²) >= 11 is 0. The average molecular weight is 313 g/mol. The van der Waals surface area contributed by atoms with Crippen LogP contribution in [0.25, 0.3) is 5.69 Å². The molecule has 1 saturated heterocycles. The van der Waals surface area contributed by atoms with Crippen molar-refractivity contribution in [1.82, 2.24) is 14.7 Å². The summed E-state index contributed by atoms with van der Waals surface area (Å²) in [6.45, 7) is 6.39. The molecule has 122 valence electrons. The van der Waals surface area contributed by atoms with E-state index in [1.54, 1.807) is 4.90 Å². The molecule has 0 bridgehead atoms. The maximum Gasteiger partial charge on any atom is 0.410 e. The highest BCUT2D eigenvalue weighted by Crippen LogP contribution is 2.32. The van der Waals surface area contributed by atoms with Crippen molar-refractivity contribution in [3.63, 3.8) is 0 Å². The van der Waals surface area contributed by atoms with Crippen LogP contribution >= 0.6 is 0 Å². The van der Waals surface area contributed by atoms with Crippen LogP contribution in [-0.2, 0) is 4.74 Å². The van der Waals surface area contributed by atoms with Gasteiger partial charge >= 0.3 is 6.09 Å². The molecule has 5 nitrogen and oxygen atoms in total. The monoisotopic (exact) mass is 313 g/mol. The van der Waals surface area contributed by atoms with Gasteiger partial charge in [-0.25, -0.2) is 9.48 Å². The van der Waals surface area contributed by atoms with Gasteiger partial charge in [0, 0.05) is 12.7 Å². The van der Waals surface area contributed by atoms with Crippen LogP contribution in [0, 0.1) is 0 Å². The summed E-state index contributed by atoms with van der Waals surface area (Å²) in [5.74, 6) is 0. The van der Waals surface area contributed by atoms with Crippen LogP contribution in [0.3, 0.4) is 0 Å². The first-order chi connectivity index (χ1) is 10.9. The number of carbonyl (C=O) groups excluding carboxylic acids is 1. The molecule has 1 aliphatic rings. The van der Waals surface area contributed by atoms with E-state index < -0.39 is 5.60 Å². The van der Waals surface area contributed by atoms with Gasteiger partial charge in [0.05, 0.1) is 17.4 Å². The fourth-order valence-electron chi connectivity index (χ4n) is 2.85. The normalized spacial score (nSPS) is 18.2. The maximum atomic E-state index is 12.4. The molecule has 1 unspecified atom stereocenters. The number of para-hydroxylation sites is 1. The second-order valence-corrected chi connectivity index (χ2v) is 6.85. The van der Waals surface area contributed by atoms with Crippen LogP contribution < -0.4 is 0 Å². The number of hydrogen-bond donors (Lipinski definition) is 0. The van der Waals surface area contributed by atoms with Crippen molar-refractivity contribution in [1.29, 1.82) is 0 Å². The first kappa shape index (κ1) is 15.6. The Bertz CT molecular complexity index is 673. The van der Waals surface area contributed by atoms with E-state index in [4.69, 9.17) is 4.74 Å². The van der Waals surface area contributed by atoms with E-state index in [-0.39, 0.29) is 12.1 Å². The predicted octanol–water partition coefficient (Wildman–Crippen LogP) is 3.94. The van der Waals surface area contributed by atoms with Gasteiger partial charge in [-0.05, 0) is 51.8 Å². The van der Waals surface area contributed by atoms with E-state index in [0.717, 1.165) is 30.8 Å². The molecule has 1 aromatic carbocycles. The first-order valence-corrected chi connectivity index (χ1v) is 8.05. The molecule has 0 aliphatic carbocycles. The zero-order valence-corrected chi connectivity index (χ0v) is 13.9. The molecule has 23 heavy (non-hydrogen) atoms. The minimum absolute atomic E-state index is 0.00480. The molecule has 1 atom stereocenters. The van der Waals surface area contributed by atoms with Gasteiger partial charge in [0.15, 0.2) is 0 Å². The van der Waals surface area contributed by atoms with E-state index in [1.807, 2.05) is 68.0 Å². The highest BCUT2D eigenvalue weighted by atomic mass is 16.6. The summed E-state index contributed by atoms with van der Waals surface area (Å²) in [6.07, 6.45) is 3.58. The van der Waals surface area contributed by atoms with E-state index in [9.17, 15) is 4.79 Å². The molecule has 2 heterocycles. The van der Waals surface area contributed by atoms with Crippen LogP contribution in [0.1, 0.15) is 45.3 Å². The van der Waals surface area contributed by atoms with E-state index in [0.29, 0.717) is 0 Å². The van der Waals surface area contributed by atoms with E-state index in [1.165, 1.54) is 0 Å². The highest BCUT2D eigenvalue weighted by molar-refractivity contribution is 5.69. The smallest absolute Gasteiger partial charge is 0.410 e. The molecular weight excluding hydrogens is 290 g/mol. The number of rotatable bonds is 2. The summed E-state index contributed by atoms with van der Waals surface area (Å²) in [5.41, 5.74) is 1.45. The number of amides is 1. The number of aromatic nitrogens is 2. The summed E-state index contributed by atoms with van der Waals surface area (Å²) in [7, 11) is 0. The Morgan fingerprint density at radius 1 is 1.22 bits per heavy atom. The third kappa shape index (κ3) is 3.55. The van der Waals surface area contributed by atoms with Crippen LogP contribution in [0.15, 0.2) is 42.6 Å². The zero-order chi connectivity index (χ0) is 16.4. The topological polar surface area (TPSA) is 47.4 Å². The molecule has 1 amide bonds. The number of nitrogens with zero attached hydrogens (tertiary/aromatic N) is 3. The van der Waals surface area contributed by atoms with Crippen molar-refractivity contribution in [2.24, 2.45) is 0 Å². The SMILES string of the molecule is CC(C)(C)OC(=O)N1CCCC1c1ccn(-c2ccccc2)n1. The maximum absolute atomic E-state index is 12.4. The molecule has 1 aliphatic heterocycles. The van der Waals surface area contributed by atoms with Crippen molar-refractivity contribution in [3.8, 4) is 5.69 Å². The van der Waals surface area contributed by atoms with Crippen molar-refractivity contribution >= 4 is 6.09 Å². The van der Waals surface area contributed by atoms with Crippen LogP contribution in [0.5, 0.6) is 0 Å². The largest absolute Gasteiger partial charge is 0.444 e. The Morgan fingerprint density at radius 2 is 1.96 bits per heavy atom. The number of hydrogen-bond acceptors (Lipinski definition) is 3. The molecular formula is C18H23N3O2. The summed E-state index contributed by atoms with van der Waals surface area (Å²) in [5, 5.41) is 4.66. The van der Waals surface area contributed by atoms with Crippen molar-refractivity contribution in [3.05, 3.63) is 48.3 Å². The lowest BCUT2D eigenvalue weighted by Gasteiger charge is -2.27. The van der Waals surface area contributed by atoms with Gasteiger partial charge < -0.3 is 4.74 Å². The molecule has 0 N–H and O–H groups in total. The fourth-order valence-corrected chi connectivity index (χ4v) is 2.85. The second kappa shape index (κ2) is 6.07. The highest BCUT2D eigenvalue weighted by Gasteiger charge is 2.34. The Hall–Kier alpha value is -2.30. The minimum atomic E-state index is -0.479. The molecule has 1 aromatic heterocycles. The van der Waals surface area contributed by atoms with Crippen LogP contribution in [0.4, 0.5) is 4.79 Å². The molecule has 0 saturated carbocycles. The summed E-state index contributed by atoms with van der Waals surface area (Å²) in [6, 6.07) is 12.0. The quantitative estimate of drug-likeness (QED) is 0.843. The standard InChI is InChI=1S/C18H23N3O2/c1-18(2,3)23-17(22)20-12-7-10-16(20)15-11-13-21(19-15)14-8-5-4-6-9-14/h4-6,8-9,11,13,16H,7,10,12H2,1-3H3. The first-order valence-electron chi connectivity index (χ1n) is 8.05. The van der Waals surface area contributed by atoms with Gasteiger partial charge in [0.1, 0.15) is 5.60 Å². The average Bonchev–Trinajstić information content (AvgIpc) is 3.15. The van der Waals surface area contributed by atoms with Gasteiger partial charge in [-0.3, -0.25) is 4.90 Å².